The van der Waals surface area contributed by atoms with Crippen LogP contribution in [0.5, 0.6) is 11.5 Å². The molecule has 0 saturated carbocycles. The Hall–Kier alpha value is -2.73. The van der Waals surface area contributed by atoms with Gasteiger partial charge in [-0.15, -0.1) is 0 Å². The molecule has 0 spiro atoms. The van der Waals surface area contributed by atoms with Gasteiger partial charge in [-0.2, -0.15) is 0 Å². The van der Waals surface area contributed by atoms with Crippen LogP contribution >= 0.6 is 11.6 Å². The first-order valence-electron chi connectivity index (χ1n) is 6.58. The highest BCUT2D eigenvalue weighted by Gasteiger charge is 2.12. The van der Waals surface area contributed by atoms with E-state index in [2.05, 4.69) is 5.16 Å². The molecule has 6 nitrogen and oxygen atoms in total. The van der Waals surface area contributed by atoms with Gasteiger partial charge in [-0.25, -0.2) is 4.79 Å². The molecule has 7 heteroatoms. The van der Waals surface area contributed by atoms with Crippen LogP contribution in [-0.4, -0.2) is 26.0 Å². The van der Waals surface area contributed by atoms with Crippen molar-refractivity contribution in [1.29, 1.82) is 0 Å². The Labute approximate surface area is 138 Å². The number of benzene rings is 2. The minimum atomic E-state index is -0.695. The summed E-state index contributed by atoms with van der Waals surface area (Å²) in [6, 6.07) is 11.5. The summed E-state index contributed by atoms with van der Waals surface area (Å²) < 4.78 is 10.3. The number of hydrogen-bond acceptors (Lipinski definition) is 5. The van der Waals surface area contributed by atoms with Crippen LogP contribution in [-0.2, 0) is 4.84 Å². The van der Waals surface area contributed by atoms with Gasteiger partial charge in [-0.3, -0.25) is 0 Å². The number of methoxy groups -OCH3 is 2. The third-order valence-electron chi connectivity index (χ3n) is 3.00. The van der Waals surface area contributed by atoms with Crippen molar-refractivity contribution >= 4 is 23.4 Å². The number of carbonyl (C=O) groups excluding carboxylic acids is 1. The lowest BCUT2D eigenvalue weighted by atomic mass is 10.2. The minimum Gasteiger partial charge on any atom is -0.493 e. The molecule has 2 aromatic rings. The van der Waals surface area contributed by atoms with Gasteiger partial charge in [-0.05, 0) is 30.3 Å². The van der Waals surface area contributed by atoms with Crippen LogP contribution in [0.25, 0.3) is 0 Å². The summed E-state index contributed by atoms with van der Waals surface area (Å²) in [5.41, 5.74) is 6.55. The summed E-state index contributed by atoms with van der Waals surface area (Å²) in [5.74, 6) is 0.364. The second kappa shape index (κ2) is 7.51. The van der Waals surface area contributed by atoms with Crippen molar-refractivity contribution in [2.24, 2.45) is 10.9 Å². The molecule has 120 valence electrons. The van der Waals surface area contributed by atoms with Crippen LogP contribution < -0.4 is 15.2 Å². The molecule has 0 aliphatic heterocycles. The van der Waals surface area contributed by atoms with Gasteiger partial charge in [0.05, 0.1) is 24.8 Å². The van der Waals surface area contributed by atoms with Crippen LogP contribution in [0.15, 0.2) is 47.6 Å². The van der Waals surface area contributed by atoms with Crippen LogP contribution in [0.3, 0.4) is 0 Å². The Morgan fingerprint density at radius 3 is 2.43 bits per heavy atom. The molecule has 0 atom stereocenters. The SMILES string of the molecule is COc1ccc(/C(N)=N/OC(=O)c2ccccc2Cl)cc1OC. The van der Waals surface area contributed by atoms with Gasteiger partial charge in [0.1, 0.15) is 0 Å². The van der Waals surface area contributed by atoms with E-state index in [1.54, 1.807) is 36.4 Å². The van der Waals surface area contributed by atoms with Crippen molar-refractivity contribution in [3.05, 3.63) is 58.6 Å². The highest BCUT2D eigenvalue weighted by atomic mass is 35.5. The fourth-order valence-electron chi connectivity index (χ4n) is 1.81. The summed E-state index contributed by atoms with van der Waals surface area (Å²) in [4.78, 5) is 16.7. The van der Waals surface area contributed by atoms with E-state index in [4.69, 9.17) is 31.6 Å². The average Bonchev–Trinajstić information content (AvgIpc) is 2.59. The summed E-state index contributed by atoms with van der Waals surface area (Å²) in [5, 5.41) is 3.91. The van der Waals surface area contributed by atoms with E-state index in [0.29, 0.717) is 17.1 Å². The Bertz CT molecular complexity index is 747. The number of halogens is 1. The number of nitrogens with two attached hydrogens (primary N) is 1. The lowest BCUT2D eigenvalue weighted by Crippen LogP contribution is -2.15. The van der Waals surface area contributed by atoms with E-state index in [0.717, 1.165) is 0 Å². The third kappa shape index (κ3) is 3.92. The Morgan fingerprint density at radius 2 is 1.78 bits per heavy atom. The summed E-state index contributed by atoms with van der Waals surface area (Å²) in [6.07, 6.45) is 0. The van der Waals surface area contributed by atoms with E-state index >= 15 is 0 Å². The van der Waals surface area contributed by atoms with Crippen LogP contribution in [0.2, 0.25) is 5.02 Å². The number of rotatable bonds is 5. The molecule has 2 N–H and O–H groups in total. The topological polar surface area (TPSA) is 83.1 Å². The molecule has 0 unspecified atom stereocenters. The van der Waals surface area contributed by atoms with Gasteiger partial charge in [0.15, 0.2) is 17.3 Å². The Morgan fingerprint density at radius 1 is 1.09 bits per heavy atom. The zero-order chi connectivity index (χ0) is 16.8. The molecule has 0 radical (unpaired) electrons. The third-order valence-corrected chi connectivity index (χ3v) is 3.33. The van der Waals surface area contributed by atoms with Gasteiger partial charge in [0.25, 0.3) is 0 Å². The molecule has 23 heavy (non-hydrogen) atoms. The number of carbonyl (C=O) groups is 1. The maximum atomic E-state index is 11.9. The first-order valence-corrected chi connectivity index (χ1v) is 6.96. The van der Waals surface area contributed by atoms with Crippen LogP contribution in [0.1, 0.15) is 15.9 Å². The van der Waals surface area contributed by atoms with E-state index < -0.39 is 5.97 Å². The minimum absolute atomic E-state index is 0.0198. The smallest absolute Gasteiger partial charge is 0.367 e. The molecule has 0 heterocycles. The van der Waals surface area contributed by atoms with Crippen molar-refractivity contribution in [2.75, 3.05) is 14.2 Å². The molecule has 0 saturated heterocycles. The zero-order valence-corrected chi connectivity index (χ0v) is 13.3. The Kier molecular flexibility index (Phi) is 5.43. The second-order valence-corrected chi connectivity index (χ2v) is 4.81. The van der Waals surface area contributed by atoms with Gasteiger partial charge >= 0.3 is 5.97 Å². The zero-order valence-electron chi connectivity index (χ0n) is 12.6. The quantitative estimate of drug-likeness (QED) is 0.393. The fraction of sp³-hybridized carbons (Fsp3) is 0.125. The molecule has 0 bridgehead atoms. The standard InChI is InChI=1S/C16H15ClN2O4/c1-21-13-8-7-10(9-14(13)22-2)15(18)19-23-16(20)11-5-3-4-6-12(11)17/h3-9H,1-2H3,(H2,18,19). The largest absolute Gasteiger partial charge is 0.493 e. The van der Waals surface area contributed by atoms with Gasteiger partial charge < -0.3 is 20.0 Å². The number of oxime groups is 1. The van der Waals surface area contributed by atoms with Gasteiger partial charge in [-0.1, -0.05) is 28.9 Å². The van der Waals surface area contributed by atoms with Crippen molar-refractivity contribution in [3.63, 3.8) is 0 Å². The van der Waals surface area contributed by atoms with Crippen molar-refractivity contribution in [1.82, 2.24) is 0 Å². The number of amidine groups is 1. The number of hydrogen-bond donors (Lipinski definition) is 1. The van der Waals surface area contributed by atoms with E-state index in [1.807, 2.05) is 0 Å². The lowest BCUT2D eigenvalue weighted by molar-refractivity contribution is 0.0516. The van der Waals surface area contributed by atoms with E-state index in [9.17, 15) is 4.79 Å². The summed E-state index contributed by atoms with van der Waals surface area (Å²) >= 11 is 5.91. The van der Waals surface area contributed by atoms with E-state index in [-0.39, 0.29) is 16.4 Å². The normalized spacial score (nSPS) is 11.0. The molecule has 0 aromatic heterocycles. The number of ether oxygens (including phenoxy) is 2. The predicted molar refractivity (Wildman–Crippen MR) is 87.1 cm³/mol. The first-order chi connectivity index (χ1) is 11.1. The van der Waals surface area contributed by atoms with Crippen molar-refractivity contribution < 1.29 is 19.1 Å². The Balaban J connectivity index is 2.17. The lowest BCUT2D eigenvalue weighted by Gasteiger charge is -2.09. The molecule has 0 fully saturated rings. The first kappa shape index (κ1) is 16.6. The van der Waals surface area contributed by atoms with Crippen molar-refractivity contribution in [3.8, 4) is 11.5 Å². The fourth-order valence-corrected chi connectivity index (χ4v) is 2.03. The summed E-state index contributed by atoms with van der Waals surface area (Å²) in [6.45, 7) is 0. The molecule has 0 aliphatic rings. The maximum absolute atomic E-state index is 11.9. The predicted octanol–water partition coefficient (Wildman–Crippen LogP) is 2.83. The van der Waals surface area contributed by atoms with Crippen LogP contribution in [0, 0.1) is 0 Å². The molecule has 0 aliphatic carbocycles. The highest BCUT2D eigenvalue weighted by Crippen LogP contribution is 2.27. The monoisotopic (exact) mass is 334 g/mol. The van der Waals surface area contributed by atoms with Crippen molar-refractivity contribution in [2.45, 2.75) is 0 Å². The second-order valence-electron chi connectivity index (χ2n) is 4.40. The molecule has 2 aromatic carbocycles. The molecular formula is C16H15ClN2O4. The van der Waals surface area contributed by atoms with Crippen LogP contribution in [0.4, 0.5) is 0 Å². The number of nitrogens with zero attached hydrogens (tertiary/aromatic N) is 1. The molecule has 0 amide bonds. The average molecular weight is 335 g/mol. The summed E-state index contributed by atoms with van der Waals surface area (Å²) in [7, 11) is 3.03. The highest BCUT2D eigenvalue weighted by molar-refractivity contribution is 6.33. The van der Waals surface area contributed by atoms with Gasteiger partial charge in [0.2, 0.25) is 0 Å². The molecular weight excluding hydrogens is 320 g/mol. The van der Waals surface area contributed by atoms with Gasteiger partial charge in [0, 0.05) is 5.56 Å². The van der Waals surface area contributed by atoms with E-state index in [1.165, 1.54) is 20.3 Å². The maximum Gasteiger partial charge on any atom is 0.367 e. The molecule has 2 rings (SSSR count).